The Hall–Kier alpha value is -2.95. The molecule has 5 nitrogen and oxygen atoms in total. The van der Waals surface area contributed by atoms with Gasteiger partial charge in [0.1, 0.15) is 0 Å². The zero-order chi connectivity index (χ0) is 16.8. The normalized spacial score (nSPS) is 11.9. The molecule has 1 aromatic heterocycles. The largest absolute Gasteiger partial charge is 0.350 e. The molecule has 0 spiro atoms. The Morgan fingerprint density at radius 2 is 1.75 bits per heavy atom. The third kappa shape index (κ3) is 4.07. The van der Waals surface area contributed by atoms with Crippen molar-refractivity contribution in [2.24, 2.45) is 0 Å². The second-order valence-corrected chi connectivity index (χ2v) is 5.58. The van der Waals surface area contributed by atoms with Crippen LogP contribution in [0.1, 0.15) is 30.8 Å². The highest BCUT2D eigenvalue weighted by Gasteiger charge is 2.12. The van der Waals surface area contributed by atoms with Crippen molar-refractivity contribution in [1.29, 1.82) is 0 Å². The van der Waals surface area contributed by atoms with E-state index < -0.39 is 0 Å². The Morgan fingerprint density at radius 1 is 1.08 bits per heavy atom. The highest BCUT2D eigenvalue weighted by atomic mass is 16.5. The summed E-state index contributed by atoms with van der Waals surface area (Å²) < 4.78 is 5.22. The van der Waals surface area contributed by atoms with Crippen molar-refractivity contribution in [3.8, 4) is 11.4 Å². The van der Waals surface area contributed by atoms with Gasteiger partial charge in [-0.3, -0.25) is 4.79 Å². The topological polar surface area (TPSA) is 68.0 Å². The lowest BCUT2D eigenvalue weighted by Gasteiger charge is -2.13. The van der Waals surface area contributed by atoms with E-state index in [1.165, 1.54) is 0 Å². The summed E-state index contributed by atoms with van der Waals surface area (Å²) in [6.07, 6.45) is 0.737. The molecule has 1 amide bonds. The van der Waals surface area contributed by atoms with Crippen LogP contribution >= 0.6 is 0 Å². The van der Waals surface area contributed by atoms with Crippen LogP contribution < -0.4 is 5.32 Å². The van der Waals surface area contributed by atoms with Gasteiger partial charge in [-0.25, -0.2) is 0 Å². The molecule has 3 aromatic rings. The maximum atomic E-state index is 12.1. The molecule has 0 saturated carbocycles. The molecule has 0 fully saturated rings. The van der Waals surface area contributed by atoms with Crippen LogP contribution in [0, 0.1) is 0 Å². The lowest BCUT2D eigenvalue weighted by molar-refractivity contribution is -0.121. The van der Waals surface area contributed by atoms with E-state index in [9.17, 15) is 4.79 Å². The third-order valence-electron chi connectivity index (χ3n) is 3.74. The molecule has 0 aliphatic rings. The molecule has 24 heavy (non-hydrogen) atoms. The van der Waals surface area contributed by atoms with Crippen molar-refractivity contribution in [2.75, 3.05) is 0 Å². The number of rotatable bonds is 6. The van der Waals surface area contributed by atoms with Crippen molar-refractivity contribution in [2.45, 2.75) is 25.8 Å². The van der Waals surface area contributed by atoms with Crippen LogP contribution in [0.5, 0.6) is 0 Å². The summed E-state index contributed by atoms with van der Waals surface area (Å²) in [5, 5.41) is 6.93. The molecule has 1 unspecified atom stereocenters. The highest BCUT2D eigenvalue weighted by molar-refractivity contribution is 5.76. The summed E-state index contributed by atoms with van der Waals surface area (Å²) in [7, 11) is 0. The molecule has 1 heterocycles. The van der Waals surface area contributed by atoms with Crippen molar-refractivity contribution < 1.29 is 9.32 Å². The second kappa shape index (κ2) is 7.55. The van der Waals surface area contributed by atoms with E-state index in [1.54, 1.807) is 0 Å². The van der Waals surface area contributed by atoms with Crippen molar-refractivity contribution >= 4 is 5.91 Å². The predicted molar refractivity (Wildman–Crippen MR) is 91.1 cm³/mol. The summed E-state index contributed by atoms with van der Waals surface area (Å²) in [6.45, 7) is 1.97. The van der Waals surface area contributed by atoms with E-state index in [2.05, 4.69) is 15.5 Å². The Balaban J connectivity index is 1.53. The van der Waals surface area contributed by atoms with Crippen LogP contribution in [0.25, 0.3) is 11.4 Å². The SMILES string of the molecule is CC(NC(=O)CCc1nc(-c2ccccc2)no1)c1ccccc1. The first-order chi connectivity index (χ1) is 11.7. The Bertz CT molecular complexity index is 785. The first kappa shape index (κ1) is 15.9. The number of nitrogens with zero attached hydrogens (tertiary/aromatic N) is 2. The molecule has 0 bridgehead atoms. The van der Waals surface area contributed by atoms with E-state index in [0.717, 1.165) is 11.1 Å². The van der Waals surface area contributed by atoms with Gasteiger partial charge in [-0.05, 0) is 12.5 Å². The fraction of sp³-hybridized carbons (Fsp3) is 0.211. The van der Waals surface area contributed by atoms with Gasteiger partial charge in [-0.15, -0.1) is 0 Å². The Morgan fingerprint density at radius 3 is 2.46 bits per heavy atom. The van der Waals surface area contributed by atoms with Crippen LogP contribution in [0.4, 0.5) is 0 Å². The van der Waals surface area contributed by atoms with Gasteiger partial charge in [0.25, 0.3) is 0 Å². The van der Waals surface area contributed by atoms with Gasteiger partial charge in [0.05, 0.1) is 6.04 Å². The van der Waals surface area contributed by atoms with Gasteiger partial charge in [-0.1, -0.05) is 65.8 Å². The minimum atomic E-state index is -0.0363. The summed E-state index contributed by atoms with van der Waals surface area (Å²) >= 11 is 0. The molecule has 2 aromatic carbocycles. The standard InChI is InChI=1S/C19H19N3O2/c1-14(15-8-4-2-5-9-15)20-17(23)12-13-18-21-19(22-24-18)16-10-6-3-7-11-16/h2-11,14H,12-13H2,1H3,(H,20,23). The lowest BCUT2D eigenvalue weighted by Crippen LogP contribution is -2.26. The van der Waals surface area contributed by atoms with Gasteiger partial charge < -0.3 is 9.84 Å². The molecular formula is C19H19N3O2. The minimum absolute atomic E-state index is 0.0266. The van der Waals surface area contributed by atoms with E-state index in [0.29, 0.717) is 24.6 Å². The molecule has 1 N–H and O–H groups in total. The smallest absolute Gasteiger partial charge is 0.227 e. The number of nitrogens with one attached hydrogen (secondary N) is 1. The van der Waals surface area contributed by atoms with E-state index >= 15 is 0 Å². The summed E-state index contributed by atoms with van der Waals surface area (Å²) in [6, 6.07) is 19.5. The number of aryl methyl sites for hydroxylation is 1. The van der Waals surface area contributed by atoms with Gasteiger partial charge in [0.2, 0.25) is 17.6 Å². The van der Waals surface area contributed by atoms with Crippen LogP contribution in [-0.4, -0.2) is 16.0 Å². The van der Waals surface area contributed by atoms with Crippen LogP contribution in [0.2, 0.25) is 0 Å². The number of benzene rings is 2. The maximum absolute atomic E-state index is 12.1. The van der Waals surface area contributed by atoms with Gasteiger partial charge in [0.15, 0.2) is 0 Å². The number of carbonyl (C=O) groups is 1. The first-order valence-corrected chi connectivity index (χ1v) is 7.94. The third-order valence-corrected chi connectivity index (χ3v) is 3.74. The fourth-order valence-corrected chi connectivity index (χ4v) is 2.42. The average Bonchev–Trinajstić information content (AvgIpc) is 3.10. The van der Waals surface area contributed by atoms with E-state index in [1.807, 2.05) is 67.6 Å². The number of hydrogen-bond acceptors (Lipinski definition) is 4. The monoisotopic (exact) mass is 321 g/mol. The van der Waals surface area contributed by atoms with Crippen LogP contribution in [-0.2, 0) is 11.2 Å². The number of aromatic nitrogens is 2. The summed E-state index contributed by atoms with van der Waals surface area (Å²) in [5.74, 6) is 0.978. The van der Waals surface area contributed by atoms with Crippen LogP contribution in [0.15, 0.2) is 65.2 Å². The lowest BCUT2D eigenvalue weighted by atomic mass is 10.1. The zero-order valence-corrected chi connectivity index (χ0v) is 13.5. The molecular weight excluding hydrogens is 302 g/mol. The number of hydrogen-bond donors (Lipinski definition) is 1. The molecule has 0 aliphatic carbocycles. The first-order valence-electron chi connectivity index (χ1n) is 7.94. The number of carbonyl (C=O) groups excluding carboxylic acids is 1. The highest BCUT2D eigenvalue weighted by Crippen LogP contribution is 2.16. The molecule has 122 valence electrons. The van der Waals surface area contributed by atoms with Gasteiger partial charge in [-0.2, -0.15) is 4.98 Å². The quantitative estimate of drug-likeness (QED) is 0.754. The zero-order valence-electron chi connectivity index (χ0n) is 13.5. The molecule has 1 atom stereocenters. The maximum Gasteiger partial charge on any atom is 0.227 e. The predicted octanol–water partition coefficient (Wildman–Crippen LogP) is 3.55. The summed E-state index contributed by atoms with van der Waals surface area (Å²) in [5.41, 5.74) is 1.98. The average molecular weight is 321 g/mol. The molecule has 0 radical (unpaired) electrons. The number of amides is 1. The van der Waals surface area contributed by atoms with Gasteiger partial charge in [0, 0.05) is 18.4 Å². The van der Waals surface area contributed by atoms with Crippen molar-refractivity contribution in [1.82, 2.24) is 15.5 Å². The molecule has 0 aliphatic heterocycles. The van der Waals surface area contributed by atoms with Gasteiger partial charge >= 0.3 is 0 Å². The van der Waals surface area contributed by atoms with Crippen molar-refractivity contribution in [3.63, 3.8) is 0 Å². The van der Waals surface area contributed by atoms with Crippen LogP contribution in [0.3, 0.4) is 0 Å². The second-order valence-electron chi connectivity index (χ2n) is 5.58. The minimum Gasteiger partial charge on any atom is -0.350 e. The fourth-order valence-electron chi connectivity index (χ4n) is 2.42. The Labute approximate surface area is 140 Å². The summed E-state index contributed by atoms with van der Waals surface area (Å²) in [4.78, 5) is 16.4. The Kier molecular flexibility index (Phi) is 5.01. The van der Waals surface area contributed by atoms with E-state index in [4.69, 9.17) is 4.52 Å². The van der Waals surface area contributed by atoms with E-state index in [-0.39, 0.29) is 11.9 Å². The molecule has 3 rings (SSSR count). The van der Waals surface area contributed by atoms with Crippen molar-refractivity contribution in [3.05, 3.63) is 72.1 Å². The molecule has 5 heteroatoms. The molecule has 0 saturated heterocycles.